The summed E-state index contributed by atoms with van der Waals surface area (Å²) in [5.74, 6) is 0.297. The van der Waals surface area contributed by atoms with E-state index < -0.39 is 0 Å². The lowest BCUT2D eigenvalue weighted by Crippen LogP contribution is -2.02. The van der Waals surface area contributed by atoms with Gasteiger partial charge >= 0.3 is 5.97 Å². The zero-order valence-corrected chi connectivity index (χ0v) is 6.77. The van der Waals surface area contributed by atoms with E-state index >= 15 is 0 Å². The number of carbonyl (C=O) groups is 1. The highest BCUT2D eigenvalue weighted by atomic mass is 32.2. The van der Waals surface area contributed by atoms with Crippen molar-refractivity contribution < 1.29 is 18.8 Å². The van der Waals surface area contributed by atoms with E-state index in [0.717, 1.165) is 12.0 Å². The summed E-state index contributed by atoms with van der Waals surface area (Å²) in [5.41, 5.74) is 0. The lowest BCUT2D eigenvalue weighted by atomic mass is 10.8. The summed E-state index contributed by atoms with van der Waals surface area (Å²) < 4.78 is 9.03. The fourth-order valence-electron chi connectivity index (χ4n) is 0.302. The molecule has 0 amide bonds. The van der Waals surface area contributed by atoms with Crippen molar-refractivity contribution >= 4 is 18.0 Å². The standard InChI is InChI=1S/C5H10O4S/c1-5(6)8-3-4-10-9-7-2/h3-4H2,1-2H3. The third kappa shape index (κ3) is 7.74. The molecule has 0 saturated carbocycles. The van der Waals surface area contributed by atoms with Crippen LogP contribution >= 0.6 is 12.0 Å². The zero-order valence-electron chi connectivity index (χ0n) is 5.96. The van der Waals surface area contributed by atoms with Gasteiger partial charge in [-0.1, -0.05) is 0 Å². The second-order valence-electron chi connectivity index (χ2n) is 1.40. The topological polar surface area (TPSA) is 44.8 Å². The number of ether oxygens (including phenoxy) is 1. The average Bonchev–Trinajstić information content (AvgIpc) is 1.87. The molecule has 0 aromatic heterocycles. The molecule has 10 heavy (non-hydrogen) atoms. The Morgan fingerprint density at radius 1 is 1.60 bits per heavy atom. The SMILES string of the molecule is COOSCCOC(C)=O. The molecule has 0 radical (unpaired) electrons. The fourth-order valence-corrected chi connectivity index (χ4v) is 0.617. The first-order valence-corrected chi connectivity index (χ1v) is 3.64. The van der Waals surface area contributed by atoms with Crippen molar-refractivity contribution in [2.75, 3.05) is 19.5 Å². The second-order valence-corrected chi connectivity index (χ2v) is 2.18. The number of esters is 1. The molecule has 0 heterocycles. The summed E-state index contributed by atoms with van der Waals surface area (Å²) in [6.07, 6.45) is 0. The Kier molecular flexibility index (Phi) is 6.68. The van der Waals surface area contributed by atoms with E-state index in [1.807, 2.05) is 0 Å². The van der Waals surface area contributed by atoms with Crippen LogP contribution in [0.2, 0.25) is 0 Å². The number of rotatable bonds is 5. The van der Waals surface area contributed by atoms with Gasteiger partial charge in [-0.15, -0.1) is 0 Å². The minimum absolute atomic E-state index is 0.280. The molecular formula is C5H10O4S. The van der Waals surface area contributed by atoms with Gasteiger partial charge in [-0.3, -0.25) is 4.79 Å². The van der Waals surface area contributed by atoms with Crippen molar-refractivity contribution in [2.45, 2.75) is 6.92 Å². The number of hydrogen-bond donors (Lipinski definition) is 0. The van der Waals surface area contributed by atoms with E-state index in [1.165, 1.54) is 14.0 Å². The van der Waals surface area contributed by atoms with Gasteiger partial charge in [-0.05, 0) is 0 Å². The summed E-state index contributed by atoms with van der Waals surface area (Å²) >= 11 is 1.10. The van der Waals surface area contributed by atoms with Gasteiger partial charge < -0.3 is 4.74 Å². The summed E-state index contributed by atoms with van der Waals surface area (Å²) in [7, 11) is 1.42. The quantitative estimate of drug-likeness (QED) is 0.198. The van der Waals surface area contributed by atoms with E-state index in [0.29, 0.717) is 12.4 Å². The highest BCUT2D eigenvalue weighted by Crippen LogP contribution is 2.00. The Labute approximate surface area is 64.0 Å². The molecule has 0 fully saturated rings. The third-order valence-corrected chi connectivity index (χ3v) is 1.15. The first-order valence-electron chi connectivity index (χ1n) is 2.73. The van der Waals surface area contributed by atoms with Crippen molar-refractivity contribution in [3.05, 3.63) is 0 Å². The van der Waals surface area contributed by atoms with Gasteiger partial charge in [0.25, 0.3) is 0 Å². The van der Waals surface area contributed by atoms with Crippen LogP contribution < -0.4 is 0 Å². The maximum absolute atomic E-state index is 10.2. The number of carbonyl (C=O) groups excluding carboxylic acids is 1. The molecule has 0 aliphatic heterocycles. The molecule has 0 aliphatic carbocycles. The predicted molar refractivity (Wildman–Crippen MR) is 37.2 cm³/mol. The summed E-state index contributed by atoms with van der Waals surface area (Å²) in [4.78, 5) is 14.4. The van der Waals surface area contributed by atoms with Crippen LogP contribution in [-0.2, 0) is 18.8 Å². The van der Waals surface area contributed by atoms with Gasteiger partial charge in [-0.25, -0.2) is 4.89 Å². The lowest BCUT2D eigenvalue weighted by Gasteiger charge is -1.98. The molecule has 0 spiro atoms. The van der Waals surface area contributed by atoms with Crippen LogP contribution in [-0.4, -0.2) is 25.4 Å². The molecule has 0 rings (SSSR count). The van der Waals surface area contributed by atoms with Gasteiger partial charge in [0.2, 0.25) is 0 Å². The van der Waals surface area contributed by atoms with Crippen LogP contribution in [0.1, 0.15) is 6.92 Å². The first-order chi connectivity index (χ1) is 4.77. The van der Waals surface area contributed by atoms with Gasteiger partial charge in [0, 0.05) is 19.0 Å². The fraction of sp³-hybridized carbons (Fsp3) is 0.800. The molecule has 0 aromatic carbocycles. The van der Waals surface area contributed by atoms with Crippen molar-refractivity contribution in [3.8, 4) is 0 Å². The van der Waals surface area contributed by atoms with Crippen molar-refractivity contribution in [1.29, 1.82) is 0 Å². The first kappa shape index (κ1) is 9.74. The Morgan fingerprint density at radius 3 is 2.80 bits per heavy atom. The smallest absolute Gasteiger partial charge is 0.302 e. The normalized spacial score (nSPS) is 9.40. The third-order valence-electron chi connectivity index (χ3n) is 0.588. The van der Waals surface area contributed by atoms with E-state index in [-0.39, 0.29) is 5.97 Å². The van der Waals surface area contributed by atoms with Crippen LogP contribution in [0.5, 0.6) is 0 Å². The van der Waals surface area contributed by atoms with Crippen LogP contribution in [0.3, 0.4) is 0 Å². The molecule has 0 N–H and O–H groups in total. The molecule has 0 bridgehead atoms. The molecule has 0 saturated heterocycles. The Hall–Kier alpha value is -0.260. The Bertz CT molecular complexity index is 95.6. The Morgan fingerprint density at radius 2 is 2.30 bits per heavy atom. The van der Waals surface area contributed by atoms with Gasteiger partial charge in [0.05, 0.1) is 12.9 Å². The predicted octanol–water partition coefficient (Wildman–Crippen LogP) is 0.776. The summed E-state index contributed by atoms with van der Waals surface area (Å²) in [5, 5.41) is 0. The van der Waals surface area contributed by atoms with Crippen molar-refractivity contribution in [3.63, 3.8) is 0 Å². The molecule has 0 aliphatic rings. The average molecular weight is 166 g/mol. The van der Waals surface area contributed by atoms with Gasteiger partial charge in [-0.2, -0.15) is 4.33 Å². The molecule has 5 heteroatoms. The van der Waals surface area contributed by atoms with Gasteiger partial charge in [0.1, 0.15) is 6.61 Å². The van der Waals surface area contributed by atoms with Crippen LogP contribution in [0.15, 0.2) is 0 Å². The summed E-state index contributed by atoms with van der Waals surface area (Å²) in [6, 6.07) is 0. The van der Waals surface area contributed by atoms with Crippen LogP contribution in [0, 0.1) is 0 Å². The Balaban J connectivity index is 2.84. The molecule has 0 atom stereocenters. The minimum Gasteiger partial charge on any atom is -0.465 e. The highest BCUT2D eigenvalue weighted by molar-refractivity contribution is 7.94. The molecule has 4 nitrogen and oxygen atoms in total. The van der Waals surface area contributed by atoms with Gasteiger partial charge in [0.15, 0.2) is 0 Å². The highest BCUT2D eigenvalue weighted by Gasteiger charge is 1.92. The molecule has 60 valence electrons. The largest absolute Gasteiger partial charge is 0.465 e. The maximum atomic E-state index is 10.2. The number of hydrogen-bond acceptors (Lipinski definition) is 5. The second kappa shape index (κ2) is 6.85. The zero-order chi connectivity index (χ0) is 7.82. The van der Waals surface area contributed by atoms with Crippen LogP contribution in [0.25, 0.3) is 0 Å². The van der Waals surface area contributed by atoms with Crippen molar-refractivity contribution in [2.24, 2.45) is 0 Å². The minimum atomic E-state index is -0.280. The molecular weight excluding hydrogens is 156 g/mol. The molecule has 0 aromatic rings. The van der Waals surface area contributed by atoms with Crippen molar-refractivity contribution in [1.82, 2.24) is 0 Å². The van der Waals surface area contributed by atoms with E-state index in [1.54, 1.807) is 0 Å². The maximum Gasteiger partial charge on any atom is 0.302 e. The van der Waals surface area contributed by atoms with E-state index in [2.05, 4.69) is 14.0 Å². The monoisotopic (exact) mass is 166 g/mol. The lowest BCUT2D eigenvalue weighted by molar-refractivity contribution is -0.160. The van der Waals surface area contributed by atoms with Crippen LogP contribution in [0.4, 0.5) is 0 Å². The van der Waals surface area contributed by atoms with E-state index in [4.69, 9.17) is 0 Å². The van der Waals surface area contributed by atoms with E-state index in [9.17, 15) is 4.79 Å². The summed E-state index contributed by atoms with van der Waals surface area (Å²) in [6.45, 7) is 1.71. The molecule has 0 unspecified atom stereocenters.